The zero-order valence-corrected chi connectivity index (χ0v) is 14.6. The molecule has 1 atom stereocenters. The number of carbonyl (C=O) groups is 1. The normalized spacial score (nSPS) is 25.0. The summed E-state index contributed by atoms with van der Waals surface area (Å²) in [7, 11) is 1.72. The van der Waals surface area contributed by atoms with Crippen LogP contribution in [0.3, 0.4) is 0 Å². The van der Waals surface area contributed by atoms with Crippen molar-refractivity contribution in [2.75, 3.05) is 46.4 Å². The lowest BCUT2D eigenvalue weighted by Gasteiger charge is -2.41. The molecule has 2 aliphatic rings. The molecule has 0 bridgehead atoms. The van der Waals surface area contributed by atoms with Crippen LogP contribution in [0.4, 0.5) is 0 Å². The summed E-state index contributed by atoms with van der Waals surface area (Å²) in [5.74, 6) is 1.06. The Balaban J connectivity index is 1.57. The van der Waals surface area contributed by atoms with Crippen molar-refractivity contribution >= 4 is 5.91 Å². The maximum absolute atomic E-state index is 12.6. The number of ether oxygens (including phenoxy) is 2. The van der Waals surface area contributed by atoms with E-state index >= 15 is 0 Å². The van der Waals surface area contributed by atoms with Crippen molar-refractivity contribution < 1.29 is 14.3 Å². The van der Waals surface area contributed by atoms with E-state index < -0.39 is 5.60 Å². The van der Waals surface area contributed by atoms with Crippen LogP contribution in [-0.2, 0) is 9.53 Å². The summed E-state index contributed by atoms with van der Waals surface area (Å²) in [6.07, 6.45) is 4.29. The van der Waals surface area contributed by atoms with E-state index in [0.29, 0.717) is 19.7 Å². The second-order valence-electron chi connectivity index (χ2n) is 6.89. The zero-order chi connectivity index (χ0) is 16.8. The fraction of sp³-hybridized carbons (Fsp3) is 0.632. The van der Waals surface area contributed by atoms with Gasteiger partial charge in [-0.1, -0.05) is 18.2 Å². The minimum Gasteiger partial charge on any atom is -0.491 e. The van der Waals surface area contributed by atoms with Crippen molar-refractivity contribution in [2.24, 2.45) is 0 Å². The SMILES string of the molecule is COC1(COc2ccccc2)CCCN(C(=O)CN2CCCC2)C1. The van der Waals surface area contributed by atoms with Crippen LogP contribution in [0.15, 0.2) is 30.3 Å². The number of piperidine rings is 1. The molecule has 2 saturated heterocycles. The summed E-state index contributed by atoms with van der Waals surface area (Å²) in [6, 6.07) is 9.78. The van der Waals surface area contributed by atoms with Gasteiger partial charge in [-0.2, -0.15) is 0 Å². The van der Waals surface area contributed by atoms with Gasteiger partial charge >= 0.3 is 0 Å². The smallest absolute Gasteiger partial charge is 0.236 e. The zero-order valence-electron chi connectivity index (χ0n) is 14.6. The van der Waals surface area contributed by atoms with E-state index in [1.54, 1.807) is 7.11 Å². The molecule has 5 heteroatoms. The Labute approximate surface area is 144 Å². The van der Waals surface area contributed by atoms with Gasteiger partial charge in [-0.3, -0.25) is 9.69 Å². The van der Waals surface area contributed by atoms with E-state index in [-0.39, 0.29) is 5.91 Å². The number of rotatable bonds is 6. The average Bonchev–Trinajstić information content (AvgIpc) is 3.14. The van der Waals surface area contributed by atoms with Gasteiger partial charge in [0.2, 0.25) is 5.91 Å². The molecule has 24 heavy (non-hydrogen) atoms. The van der Waals surface area contributed by atoms with Gasteiger partial charge < -0.3 is 14.4 Å². The Kier molecular flexibility index (Phi) is 5.74. The molecule has 2 aliphatic heterocycles. The van der Waals surface area contributed by atoms with E-state index in [0.717, 1.165) is 38.2 Å². The van der Waals surface area contributed by atoms with Gasteiger partial charge in [-0.25, -0.2) is 0 Å². The van der Waals surface area contributed by atoms with Crippen molar-refractivity contribution in [1.82, 2.24) is 9.80 Å². The van der Waals surface area contributed by atoms with Crippen LogP contribution in [-0.4, -0.2) is 67.7 Å². The van der Waals surface area contributed by atoms with Crippen LogP contribution in [0, 0.1) is 0 Å². The maximum Gasteiger partial charge on any atom is 0.236 e. The molecule has 1 aromatic carbocycles. The molecule has 5 nitrogen and oxygen atoms in total. The van der Waals surface area contributed by atoms with Crippen molar-refractivity contribution in [3.63, 3.8) is 0 Å². The molecule has 0 spiro atoms. The predicted molar refractivity (Wildman–Crippen MR) is 93.2 cm³/mol. The molecule has 132 valence electrons. The topological polar surface area (TPSA) is 42.0 Å². The van der Waals surface area contributed by atoms with Crippen molar-refractivity contribution in [3.05, 3.63) is 30.3 Å². The first-order valence-electron chi connectivity index (χ1n) is 8.94. The van der Waals surface area contributed by atoms with Crippen LogP contribution < -0.4 is 4.74 Å². The number of nitrogens with zero attached hydrogens (tertiary/aromatic N) is 2. The molecular weight excluding hydrogens is 304 g/mol. The van der Waals surface area contributed by atoms with Gasteiger partial charge in [0.05, 0.1) is 13.1 Å². The maximum atomic E-state index is 12.6. The van der Waals surface area contributed by atoms with Crippen molar-refractivity contribution in [1.29, 1.82) is 0 Å². The highest BCUT2D eigenvalue weighted by Crippen LogP contribution is 2.26. The molecular formula is C19H28N2O3. The summed E-state index contributed by atoms with van der Waals surface area (Å²) < 4.78 is 11.7. The van der Waals surface area contributed by atoms with Gasteiger partial charge in [0.1, 0.15) is 18.0 Å². The van der Waals surface area contributed by atoms with Gasteiger partial charge in [0.25, 0.3) is 0 Å². The van der Waals surface area contributed by atoms with Gasteiger partial charge in [0.15, 0.2) is 0 Å². The predicted octanol–water partition coefficient (Wildman–Crippen LogP) is 2.17. The largest absolute Gasteiger partial charge is 0.491 e. The third kappa shape index (κ3) is 4.28. The quantitative estimate of drug-likeness (QED) is 0.801. The summed E-state index contributed by atoms with van der Waals surface area (Å²) in [6.45, 7) is 4.55. The Bertz CT molecular complexity index is 531. The fourth-order valence-electron chi connectivity index (χ4n) is 3.62. The number of likely N-dealkylation sites (tertiary alicyclic amines) is 2. The molecule has 1 aromatic rings. The van der Waals surface area contributed by atoms with Crippen LogP contribution in [0.1, 0.15) is 25.7 Å². The summed E-state index contributed by atoms with van der Waals surface area (Å²) in [5.41, 5.74) is -0.408. The standard InChI is InChI=1S/C19H28N2O3/c1-23-19(16-24-17-8-3-2-4-9-17)10-7-13-21(15-19)18(22)14-20-11-5-6-12-20/h2-4,8-9H,5-7,10-16H2,1H3. The minimum atomic E-state index is -0.408. The molecule has 0 radical (unpaired) electrons. The van der Waals surface area contributed by atoms with E-state index in [4.69, 9.17) is 9.47 Å². The first kappa shape index (κ1) is 17.2. The lowest BCUT2D eigenvalue weighted by atomic mass is 9.93. The number of carbonyl (C=O) groups excluding carboxylic acids is 1. The molecule has 1 amide bonds. The van der Waals surface area contributed by atoms with E-state index in [1.165, 1.54) is 12.8 Å². The number of benzene rings is 1. The number of hydrogen-bond acceptors (Lipinski definition) is 4. The Morgan fingerprint density at radius 3 is 2.58 bits per heavy atom. The Morgan fingerprint density at radius 1 is 1.12 bits per heavy atom. The van der Waals surface area contributed by atoms with Crippen LogP contribution in [0.25, 0.3) is 0 Å². The van der Waals surface area contributed by atoms with Gasteiger partial charge in [-0.05, 0) is 50.9 Å². The molecule has 0 aromatic heterocycles. The fourth-order valence-corrected chi connectivity index (χ4v) is 3.62. The molecule has 0 saturated carbocycles. The molecule has 0 N–H and O–H groups in total. The van der Waals surface area contributed by atoms with E-state index in [1.807, 2.05) is 35.2 Å². The molecule has 2 heterocycles. The van der Waals surface area contributed by atoms with Gasteiger partial charge in [0, 0.05) is 13.7 Å². The first-order chi connectivity index (χ1) is 11.7. The Morgan fingerprint density at radius 2 is 1.88 bits per heavy atom. The summed E-state index contributed by atoms with van der Waals surface area (Å²) in [5, 5.41) is 0. The van der Waals surface area contributed by atoms with Crippen LogP contribution >= 0.6 is 0 Å². The minimum absolute atomic E-state index is 0.220. The molecule has 2 fully saturated rings. The monoisotopic (exact) mass is 332 g/mol. The highest BCUT2D eigenvalue weighted by molar-refractivity contribution is 5.78. The van der Waals surface area contributed by atoms with Crippen LogP contribution in [0.2, 0.25) is 0 Å². The number of hydrogen-bond donors (Lipinski definition) is 0. The average molecular weight is 332 g/mol. The summed E-state index contributed by atoms with van der Waals surface area (Å²) in [4.78, 5) is 16.8. The third-order valence-corrected chi connectivity index (χ3v) is 5.13. The first-order valence-corrected chi connectivity index (χ1v) is 8.94. The highest BCUT2D eigenvalue weighted by Gasteiger charge is 2.38. The third-order valence-electron chi connectivity index (χ3n) is 5.13. The van der Waals surface area contributed by atoms with Crippen LogP contribution in [0.5, 0.6) is 5.75 Å². The number of amides is 1. The second kappa shape index (κ2) is 7.99. The lowest BCUT2D eigenvalue weighted by molar-refractivity contribution is -0.144. The summed E-state index contributed by atoms with van der Waals surface area (Å²) >= 11 is 0. The number of methoxy groups -OCH3 is 1. The molecule has 0 aliphatic carbocycles. The van der Waals surface area contributed by atoms with Crippen molar-refractivity contribution in [2.45, 2.75) is 31.3 Å². The second-order valence-corrected chi connectivity index (χ2v) is 6.89. The van der Waals surface area contributed by atoms with Gasteiger partial charge in [-0.15, -0.1) is 0 Å². The molecule has 1 unspecified atom stereocenters. The molecule has 3 rings (SSSR count). The lowest BCUT2D eigenvalue weighted by Crippen LogP contribution is -2.55. The van der Waals surface area contributed by atoms with E-state index in [9.17, 15) is 4.79 Å². The highest BCUT2D eigenvalue weighted by atomic mass is 16.5. The van der Waals surface area contributed by atoms with Crippen molar-refractivity contribution in [3.8, 4) is 5.75 Å². The van der Waals surface area contributed by atoms with E-state index in [2.05, 4.69) is 4.90 Å². The number of para-hydroxylation sites is 1. The Hall–Kier alpha value is -1.59.